The third-order valence-corrected chi connectivity index (χ3v) is 3.39. The summed E-state index contributed by atoms with van der Waals surface area (Å²) in [6, 6.07) is 0. The van der Waals surface area contributed by atoms with Gasteiger partial charge in [-0.2, -0.15) is 5.10 Å². The first-order valence-electron chi connectivity index (χ1n) is 6.05. The summed E-state index contributed by atoms with van der Waals surface area (Å²) in [7, 11) is 0. The molecule has 0 amide bonds. The van der Waals surface area contributed by atoms with Gasteiger partial charge in [0.1, 0.15) is 6.10 Å². The molecule has 5 nitrogen and oxygen atoms in total. The lowest BCUT2D eigenvalue weighted by molar-refractivity contribution is 0.0780. The van der Waals surface area contributed by atoms with Crippen molar-refractivity contribution in [2.75, 3.05) is 13.2 Å². The van der Waals surface area contributed by atoms with Crippen molar-refractivity contribution in [3.63, 3.8) is 0 Å². The summed E-state index contributed by atoms with van der Waals surface area (Å²) in [6.45, 7) is 2.46. The molecule has 5 heteroatoms. The van der Waals surface area contributed by atoms with Crippen LogP contribution in [0, 0.1) is 0 Å². The minimum Gasteiger partial charge on any atom is -0.385 e. The third-order valence-electron chi connectivity index (χ3n) is 3.39. The van der Waals surface area contributed by atoms with Crippen LogP contribution in [0.25, 0.3) is 0 Å². The molecule has 3 heterocycles. The van der Waals surface area contributed by atoms with E-state index in [1.54, 1.807) is 0 Å². The molecule has 2 aliphatic heterocycles. The molecule has 3 rings (SSSR count). The number of hydrogen-bond acceptors (Lipinski definition) is 4. The van der Waals surface area contributed by atoms with Crippen molar-refractivity contribution >= 4 is 0 Å². The lowest BCUT2D eigenvalue weighted by Gasteiger charge is -2.18. The predicted molar refractivity (Wildman–Crippen MR) is 57.0 cm³/mol. The highest BCUT2D eigenvalue weighted by Gasteiger charge is 2.26. The van der Waals surface area contributed by atoms with Crippen LogP contribution in [0.15, 0.2) is 0 Å². The van der Waals surface area contributed by atoms with E-state index >= 15 is 0 Å². The maximum atomic E-state index is 9.82. The molecule has 2 unspecified atom stereocenters. The highest BCUT2D eigenvalue weighted by molar-refractivity contribution is 5.04. The molecule has 1 aromatic rings. The summed E-state index contributed by atoms with van der Waals surface area (Å²) in [5.41, 5.74) is 0. The number of fused-ring (bicyclic) bond motifs is 1. The van der Waals surface area contributed by atoms with Gasteiger partial charge in [-0.15, -0.1) is 0 Å². The van der Waals surface area contributed by atoms with Crippen molar-refractivity contribution in [2.24, 2.45) is 0 Å². The van der Waals surface area contributed by atoms with Crippen LogP contribution >= 0.6 is 0 Å². The molecule has 1 saturated heterocycles. The highest BCUT2D eigenvalue weighted by Crippen LogP contribution is 2.27. The fraction of sp³-hybridized carbons (Fsp3) is 0.818. The van der Waals surface area contributed by atoms with E-state index in [4.69, 9.17) is 4.74 Å². The Morgan fingerprint density at radius 2 is 2.25 bits per heavy atom. The average Bonchev–Trinajstić information content (AvgIpc) is 2.76. The first-order valence-corrected chi connectivity index (χ1v) is 6.05. The standard InChI is InChI=1S/C11H17N3O2/c15-9-4-1-5-14-11(9)12-10(13-14)8-3-2-6-16-7-8/h8-9,15H,1-7H2. The van der Waals surface area contributed by atoms with Crippen LogP contribution in [0.2, 0.25) is 0 Å². The second-order valence-electron chi connectivity index (χ2n) is 4.62. The number of aliphatic hydroxyl groups is 1. The third kappa shape index (κ3) is 1.74. The van der Waals surface area contributed by atoms with Crippen molar-refractivity contribution in [3.8, 4) is 0 Å². The first-order chi connectivity index (χ1) is 7.84. The van der Waals surface area contributed by atoms with E-state index in [-0.39, 0.29) is 0 Å². The number of ether oxygens (including phenoxy) is 1. The van der Waals surface area contributed by atoms with Crippen LogP contribution in [0.1, 0.15) is 49.4 Å². The van der Waals surface area contributed by atoms with E-state index in [1.165, 1.54) is 0 Å². The zero-order chi connectivity index (χ0) is 11.0. The van der Waals surface area contributed by atoms with Gasteiger partial charge < -0.3 is 9.84 Å². The number of rotatable bonds is 1. The van der Waals surface area contributed by atoms with Crippen LogP contribution in [-0.4, -0.2) is 33.1 Å². The summed E-state index contributed by atoms with van der Waals surface area (Å²) in [4.78, 5) is 4.48. The molecule has 1 fully saturated rings. The lowest BCUT2D eigenvalue weighted by Crippen LogP contribution is -2.17. The number of hydrogen-bond donors (Lipinski definition) is 1. The predicted octanol–water partition coefficient (Wildman–Crippen LogP) is 0.999. The second-order valence-corrected chi connectivity index (χ2v) is 4.62. The van der Waals surface area contributed by atoms with Crippen molar-refractivity contribution in [2.45, 2.75) is 44.2 Å². The molecule has 0 saturated carbocycles. The molecule has 1 aromatic heterocycles. The summed E-state index contributed by atoms with van der Waals surface area (Å²) >= 11 is 0. The van der Waals surface area contributed by atoms with E-state index in [0.717, 1.165) is 57.1 Å². The fourth-order valence-electron chi connectivity index (χ4n) is 2.46. The Morgan fingerprint density at radius 1 is 1.31 bits per heavy atom. The Balaban J connectivity index is 1.85. The Morgan fingerprint density at radius 3 is 3.00 bits per heavy atom. The second kappa shape index (κ2) is 4.14. The smallest absolute Gasteiger partial charge is 0.156 e. The van der Waals surface area contributed by atoms with Gasteiger partial charge in [0, 0.05) is 19.1 Å². The van der Waals surface area contributed by atoms with Crippen molar-refractivity contribution in [3.05, 3.63) is 11.6 Å². The van der Waals surface area contributed by atoms with Crippen molar-refractivity contribution < 1.29 is 9.84 Å². The lowest BCUT2D eigenvalue weighted by atomic mass is 10.0. The summed E-state index contributed by atoms with van der Waals surface area (Å²) < 4.78 is 7.30. The molecule has 0 aromatic carbocycles. The van der Waals surface area contributed by atoms with Gasteiger partial charge in [-0.05, 0) is 25.7 Å². The van der Waals surface area contributed by atoms with Gasteiger partial charge >= 0.3 is 0 Å². The minimum absolute atomic E-state index is 0.319. The molecule has 0 bridgehead atoms. The molecule has 0 spiro atoms. The summed E-state index contributed by atoms with van der Waals surface area (Å²) in [5, 5.41) is 14.3. The Kier molecular flexibility index (Phi) is 2.65. The molecule has 1 N–H and O–H groups in total. The van der Waals surface area contributed by atoms with Crippen LogP contribution in [0.3, 0.4) is 0 Å². The average molecular weight is 223 g/mol. The number of aromatic nitrogens is 3. The molecular formula is C11H17N3O2. The van der Waals surface area contributed by atoms with E-state index in [9.17, 15) is 5.11 Å². The summed E-state index contributed by atoms with van der Waals surface area (Å²) in [5.74, 6) is 1.92. The molecule has 2 atom stereocenters. The first kappa shape index (κ1) is 10.2. The van der Waals surface area contributed by atoms with Crippen LogP contribution in [0.5, 0.6) is 0 Å². The topological polar surface area (TPSA) is 60.2 Å². The van der Waals surface area contributed by atoms with Crippen LogP contribution < -0.4 is 0 Å². The van der Waals surface area contributed by atoms with Gasteiger partial charge in [0.25, 0.3) is 0 Å². The van der Waals surface area contributed by atoms with E-state index in [0.29, 0.717) is 5.92 Å². The monoisotopic (exact) mass is 223 g/mol. The Hall–Kier alpha value is -0.940. The van der Waals surface area contributed by atoms with E-state index < -0.39 is 6.10 Å². The SMILES string of the molecule is OC1CCCn2nc(C3CCCOC3)nc21. The van der Waals surface area contributed by atoms with E-state index in [1.807, 2.05) is 4.68 Å². The zero-order valence-electron chi connectivity index (χ0n) is 9.30. The quantitative estimate of drug-likeness (QED) is 0.771. The summed E-state index contributed by atoms with van der Waals surface area (Å²) in [6.07, 6.45) is 3.54. The molecule has 2 aliphatic rings. The number of aliphatic hydroxyl groups excluding tert-OH is 1. The highest BCUT2D eigenvalue weighted by atomic mass is 16.5. The van der Waals surface area contributed by atoms with Crippen LogP contribution in [-0.2, 0) is 11.3 Å². The fourth-order valence-corrected chi connectivity index (χ4v) is 2.46. The minimum atomic E-state index is -0.431. The van der Waals surface area contributed by atoms with Crippen molar-refractivity contribution in [1.29, 1.82) is 0 Å². The normalized spacial score (nSPS) is 30.1. The van der Waals surface area contributed by atoms with Gasteiger partial charge in [0.05, 0.1) is 6.61 Å². The van der Waals surface area contributed by atoms with Gasteiger partial charge in [-0.3, -0.25) is 0 Å². The van der Waals surface area contributed by atoms with E-state index in [2.05, 4.69) is 10.1 Å². The Labute approximate surface area is 94.4 Å². The molecule has 0 aliphatic carbocycles. The molecule has 0 radical (unpaired) electrons. The maximum absolute atomic E-state index is 9.82. The largest absolute Gasteiger partial charge is 0.385 e. The van der Waals surface area contributed by atoms with Gasteiger partial charge in [-0.25, -0.2) is 9.67 Å². The van der Waals surface area contributed by atoms with Gasteiger partial charge in [0.2, 0.25) is 0 Å². The van der Waals surface area contributed by atoms with Gasteiger partial charge in [-0.1, -0.05) is 0 Å². The molecular weight excluding hydrogens is 206 g/mol. The number of aryl methyl sites for hydroxylation is 1. The number of nitrogens with zero attached hydrogens (tertiary/aromatic N) is 3. The maximum Gasteiger partial charge on any atom is 0.156 e. The van der Waals surface area contributed by atoms with Gasteiger partial charge in [0.15, 0.2) is 11.6 Å². The molecule has 16 heavy (non-hydrogen) atoms. The van der Waals surface area contributed by atoms with Crippen LogP contribution in [0.4, 0.5) is 0 Å². The Bertz CT molecular complexity index is 371. The van der Waals surface area contributed by atoms with Crippen molar-refractivity contribution in [1.82, 2.24) is 14.8 Å². The molecule has 88 valence electrons. The zero-order valence-corrected chi connectivity index (χ0v) is 9.30.